The van der Waals surface area contributed by atoms with Crippen molar-refractivity contribution in [3.63, 3.8) is 0 Å². The molecule has 0 fully saturated rings. The van der Waals surface area contributed by atoms with Gasteiger partial charge < -0.3 is 9.51 Å². The third-order valence-electron chi connectivity index (χ3n) is 1.42. The Labute approximate surface area is 67.9 Å². The lowest BCUT2D eigenvalue weighted by molar-refractivity contribution is 0.457. The molecule has 2 aromatic rings. The maximum absolute atomic E-state index is 8.99. The monoisotopic (exact) mass is 168 g/mol. The summed E-state index contributed by atoms with van der Waals surface area (Å²) >= 11 is 5.78. The molecule has 1 N–H and O–H groups in total. The minimum absolute atomic E-state index is 0.0156. The van der Waals surface area contributed by atoms with Gasteiger partial charge in [0.2, 0.25) is 5.88 Å². The fourth-order valence-corrected chi connectivity index (χ4v) is 1.18. The van der Waals surface area contributed by atoms with Crippen LogP contribution in [-0.4, -0.2) is 14.5 Å². The Kier molecular flexibility index (Phi) is 1.26. The summed E-state index contributed by atoms with van der Waals surface area (Å²) in [5.41, 5.74) is 0.576. The maximum Gasteiger partial charge on any atom is 0.230 e. The third-order valence-corrected chi connectivity index (χ3v) is 1.72. The molecule has 0 aliphatic heterocycles. The molecule has 0 spiro atoms. The van der Waals surface area contributed by atoms with Crippen LogP contribution in [0.25, 0.3) is 5.65 Å². The highest BCUT2D eigenvalue weighted by Gasteiger charge is 2.01. The van der Waals surface area contributed by atoms with Gasteiger partial charge in [-0.15, -0.1) is 0 Å². The van der Waals surface area contributed by atoms with E-state index in [1.165, 1.54) is 6.20 Å². The van der Waals surface area contributed by atoms with Crippen LogP contribution in [0, 0.1) is 0 Å². The van der Waals surface area contributed by atoms with E-state index in [-0.39, 0.29) is 5.88 Å². The van der Waals surface area contributed by atoms with E-state index in [4.69, 9.17) is 16.7 Å². The van der Waals surface area contributed by atoms with Crippen molar-refractivity contribution in [2.45, 2.75) is 0 Å². The van der Waals surface area contributed by atoms with E-state index in [1.54, 1.807) is 22.7 Å². The Hall–Kier alpha value is -1.22. The fraction of sp³-hybridized carbons (Fsp3) is 0. The molecule has 0 bridgehead atoms. The number of aromatic hydroxyl groups is 1. The van der Waals surface area contributed by atoms with E-state index in [0.717, 1.165) is 0 Å². The van der Waals surface area contributed by atoms with E-state index >= 15 is 0 Å². The Morgan fingerprint density at radius 1 is 1.55 bits per heavy atom. The van der Waals surface area contributed by atoms with Crippen LogP contribution >= 0.6 is 11.6 Å². The van der Waals surface area contributed by atoms with Crippen LogP contribution in [0.5, 0.6) is 5.88 Å². The largest absolute Gasteiger partial charge is 0.492 e. The van der Waals surface area contributed by atoms with Crippen LogP contribution in [0.1, 0.15) is 0 Å². The number of aromatic nitrogens is 2. The number of imidazole rings is 1. The molecular weight excluding hydrogens is 164 g/mol. The zero-order chi connectivity index (χ0) is 7.84. The van der Waals surface area contributed by atoms with Crippen molar-refractivity contribution < 1.29 is 5.11 Å². The quantitative estimate of drug-likeness (QED) is 0.650. The minimum atomic E-state index is -0.0156. The molecule has 4 heteroatoms. The predicted octanol–water partition coefficient (Wildman–Crippen LogP) is 1.69. The summed E-state index contributed by atoms with van der Waals surface area (Å²) < 4.78 is 1.66. The van der Waals surface area contributed by atoms with Crippen molar-refractivity contribution in [1.29, 1.82) is 0 Å². The van der Waals surface area contributed by atoms with Gasteiger partial charge in [0.15, 0.2) is 5.65 Å². The summed E-state index contributed by atoms with van der Waals surface area (Å²) in [5.74, 6) is -0.0156. The number of fused-ring (bicyclic) bond motifs is 1. The highest BCUT2D eigenvalue weighted by atomic mass is 35.5. The van der Waals surface area contributed by atoms with E-state index in [9.17, 15) is 0 Å². The maximum atomic E-state index is 8.99. The molecule has 0 aliphatic rings. The van der Waals surface area contributed by atoms with Crippen LogP contribution in [0.2, 0.25) is 5.02 Å². The highest BCUT2D eigenvalue weighted by Crippen LogP contribution is 2.18. The number of hydrogen-bond acceptors (Lipinski definition) is 2. The molecule has 11 heavy (non-hydrogen) atoms. The molecule has 0 atom stereocenters. The Balaban J connectivity index is 2.90. The summed E-state index contributed by atoms with van der Waals surface area (Å²) in [6.45, 7) is 0. The lowest BCUT2D eigenvalue weighted by Gasteiger charge is -1.91. The molecule has 0 amide bonds. The molecule has 0 unspecified atom stereocenters. The van der Waals surface area contributed by atoms with Crippen LogP contribution in [0.15, 0.2) is 24.5 Å². The lowest BCUT2D eigenvalue weighted by atomic mass is 10.5. The SMILES string of the molecule is Oc1cn2cccc(Cl)c2n1. The topological polar surface area (TPSA) is 37.5 Å². The van der Waals surface area contributed by atoms with Crippen molar-refractivity contribution in [2.24, 2.45) is 0 Å². The first-order chi connectivity index (χ1) is 5.27. The van der Waals surface area contributed by atoms with Gasteiger partial charge in [-0.1, -0.05) is 11.6 Å². The Morgan fingerprint density at radius 3 is 3.09 bits per heavy atom. The van der Waals surface area contributed by atoms with Gasteiger partial charge in [-0.2, -0.15) is 4.98 Å². The van der Waals surface area contributed by atoms with Crippen molar-refractivity contribution in [1.82, 2.24) is 9.38 Å². The number of rotatable bonds is 0. The second kappa shape index (κ2) is 2.13. The van der Waals surface area contributed by atoms with Crippen molar-refractivity contribution in [2.75, 3.05) is 0 Å². The number of nitrogens with zero attached hydrogens (tertiary/aromatic N) is 2. The van der Waals surface area contributed by atoms with E-state index in [1.807, 2.05) is 0 Å². The second-order valence-electron chi connectivity index (χ2n) is 2.19. The van der Waals surface area contributed by atoms with Gasteiger partial charge in [-0.3, -0.25) is 0 Å². The first-order valence-corrected chi connectivity index (χ1v) is 3.47. The standard InChI is InChI=1S/C7H5ClN2O/c8-5-2-1-3-10-4-6(11)9-7(5)10/h1-4,11H. The van der Waals surface area contributed by atoms with Crippen molar-refractivity contribution >= 4 is 17.2 Å². The lowest BCUT2D eigenvalue weighted by Crippen LogP contribution is -1.80. The van der Waals surface area contributed by atoms with E-state index in [0.29, 0.717) is 10.7 Å². The van der Waals surface area contributed by atoms with Crippen LogP contribution in [-0.2, 0) is 0 Å². The second-order valence-corrected chi connectivity index (χ2v) is 2.59. The number of hydrogen-bond donors (Lipinski definition) is 1. The summed E-state index contributed by atoms with van der Waals surface area (Å²) in [6.07, 6.45) is 3.27. The summed E-state index contributed by atoms with van der Waals surface area (Å²) in [6, 6.07) is 3.51. The van der Waals surface area contributed by atoms with Gasteiger partial charge in [-0.25, -0.2) is 0 Å². The van der Waals surface area contributed by atoms with Gasteiger partial charge in [0.05, 0.1) is 11.2 Å². The Bertz CT molecular complexity index is 396. The minimum Gasteiger partial charge on any atom is -0.492 e. The summed E-state index contributed by atoms with van der Waals surface area (Å²) in [4.78, 5) is 3.80. The van der Waals surface area contributed by atoms with Gasteiger partial charge in [-0.05, 0) is 12.1 Å². The molecule has 2 rings (SSSR count). The van der Waals surface area contributed by atoms with Crippen molar-refractivity contribution in [3.05, 3.63) is 29.5 Å². The molecule has 2 heterocycles. The first kappa shape index (κ1) is 6.49. The van der Waals surface area contributed by atoms with E-state index in [2.05, 4.69) is 4.98 Å². The molecular formula is C7H5ClN2O. The number of halogens is 1. The van der Waals surface area contributed by atoms with Crippen LogP contribution < -0.4 is 0 Å². The molecule has 3 nitrogen and oxygen atoms in total. The average molecular weight is 169 g/mol. The zero-order valence-electron chi connectivity index (χ0n) is 5.53. The zero-order valence-corrected chi connectivity index (χ0v) is 6.28. The van der Waals surface area contributed by atoms with Crippen molar-refractivity contribution in [3.8, 4) is 5.88 Å². The normalized spacial score (nSPS) is 10.6. The average Bonchev–Trinajstić information content (AvgIpc) is 2.31. The van der Waals surface area contributed by atoms with E-state index < -0.39 is 0 Å². The summed E-state index contributed by atoms with van der Waals surface area (Å²) in [7, 11) is 0. The predicted molar refractivity (Wildman–Crippen MR) is 41.9 cm³/mol. The van der Waals surface area contributed by atoms with Crippen LogP contribution in [0.3, 0.4) is 0 Å². The molecule has 0 aromatic carbocycles. The molecule has 2 aromatic heterocycles. The van der Waals surface area contributed by atoms with Crippen LogP contribution in [0.4, 0.5) is 0 Å². The Morgan fingerprint density at radius 2 is 2.36 bits per heavy atom. The molecule has 56 valence electrons. The number of pyridine rings is 1. The van der Waals surface area contributed by atoms with Gasteiger partial charge in [0.25, 0.3) is 0 Å². The molecule has 0 saturated carbocycles. The van der Waals surface area contributed by atoms with Gasteiger partial charge in [0, 0.05) is 6.20 Å². The highest BCUT2D eigenvalue weighted by molar-refractivity contribution is 6.33. The smallest absolute Gasteiger partial charge is 0.230 e. The third kappa shape index (κ3) is 0.935. The first-order valence-electron chi connectivity index (χ1n) is 3.09. The fourth-order valence-electron chi connectivity index (χ4n) is 0.966. The summed E-state index contributed by atoms with van der Waals surface area (Å²) in [5, 5.41) is 9.52. The molecule has 0 saturated heterocycles. The van der Waals surface area contributed by atoms with Gasteiger partial charge in [0.1, 0.15) is 0 Å². The molecule has 0 aliphatic carbocycles. The van der Waals surface area contributed by atoms with Gasteiger partial charge >= 0.3 is 0 Å². The molecule has 0 radical (unpaired) electrons.